The summed E-state index contributed by atoms with van der Waals surface area (Å²) in [5, 5.41) is 9.62. The van der Waals surface area contributed by atoms with Gasteiger partial charge in [-0.25, -0.2) is 9.37 Å². The SMILES string of the molecule is C=Cc1cc(O)cc2nc(-c3ccc(OS(=O)(=O)O)cc3F)oc12. The molecular weight excluding hydrogens is 341 g/mol. The van der Waals surface area contributed by atoms with Crippen molar-refractivity contribution >= 4 is 27.6 Å². The molecule has 0 aliphatic carbocycles. The highest BCUT2D eigenvalue weighted by molar-refractivity contribution is 7.81. The number of nitrogens with zero attached hydrogens (tertiary/aromatic N) is 1. The van der Waals surface area contributed by atoms with E-state index >= 15 is 0 Å². The first-order chi connectivity index (χ1) is 11.3. The van der Waals surface area contributed by atoms with Gasteiger partial charge in [-0.2, -0.15) is 8.42 Å². The van der Waals surface area contributed by atoms with E-state index in [-0.39, 0.29) is 17.2 Å². The Bertz CT molecular complexity index is 1060. The van der Waals surface area contributed by atoms with Crippen LogP contribution in [0.2, 0.25) is 0 Å². The predicted octanol–water partition coefficient (Wildman–Crippen LogP) is 3.16. The van der Waals surface area contributed by atoms with Crippen LogP contribution in [0.5, 0.6) is 11.5 Å². The van der Waals surface area contributed by atoms with Gasteiger partial charge in [0.25, 0.3) is 0 Å². The molecular formula is C15H10FNO6S. The third-order valence-electron chi connectivity index (χ3n) is 3.10. The first kappa shape index (κ1) is 16.0. The van der Waals surface area contributed by atoms with Crippen LogP contribution in [0.15, 0.2) is 41.3 Å². The number of aromatic nitrogens is 1. The highest BCUT2D eigenvalue weighted by atomic mass is 32.3. The van der Waals surface area contributed by atoms with Gasteiger partial charge in [-0.05, 0) is 18.2 Å². The lowest BCUT2D eigenvalue weighted by Crippen LogP contribution is -2.06. The fraction of sp³-hybridized carbons (Fsp3) is 0. The average molecular weight is 351 g/mol. The summed E-state index contributed by atoms with van der Waals surface area (Å²) in [6.07, 6.45) is 1.45. The van der Waals surface area contributed by atoms with Crippen LogP contribution >= 0.6 is 0 Å². The lowest BCUT2D eigenvalue weighted by molar-refractivity contribution is 0.386. The number of halogens is 1. The van der Waals surface area contributed by atoms with Gasteiger partial charge < -0.3 is 13.7 Å². The van der Waals surface area contributed by atoms with Crippen LogP contribution in [0, 0.1) is 5.82 Å². The van der Waals surface area contributed by atoms with E-state index in [2.05, 4.69) is 15.7 Å². The fourth-order valence-corrected chi connectivity index (χ4v) is 2.50. The molecule has 0 unspecified atom stereocenters. The summed E-state index contributed by atoms with van der Waals surface area (Å²) in [7, 11) is -4.75. The highest BCUT2D eigenvalue weighted by Gasteiger charge is 2.17. The minimum Gasteiger partial charge on any atom is -0.508 e. The number of oxazole rings is 1. The highest BCUT2D eigenvalue weighted by Crippen LogP contribution is 2.32. The van der Waals surface area contributed by atoms with Crippen molar-refractivity contribution in [3.05, 3.63) is 48.3 Å². The van der Waals surface area contributed by atoms with E-state index in [9.17, 15) is 17.9 Å². The van der Waals surface area contributed by atoms with Crippen LogP contribution in [0.1, 0.15) is 5.56 Å². The zero-order valence-corrected chi connectivity index (χ0v) is 12.7. The minimum absolute atomic E-state index is 0.0466. The molecule has 3 aromatic rings. The molecule has 3 rings (SSSR count). The van der Waals surface area contributed by atoms with Crippen LogP contribution in [0.25, 0.3) is 28.6 Å². The van der Waals surface area contributed by atoms with Gasteiger partial charge in [0.2, 0.25) is 5.89 Å². The second kappa shape index (κ2) is 5.62. The Labute approximate surface area is 135 Å². The molecule has 9 heteroatoms. The van der Waals surface area contributed by atoms with Gasteiger partial charge in [0, 0.05) is 17.7 Å². The molecule has 1 heterocycles. The maximum Gasteiger partial charge on any atom is 0.446 e. The molecule has 0 fully saturated rings. The van der Waals surface area contributed by atoms with E-state index in [1.807, 2.05) is 0 Å². The normalized spacial score (nSPS) is 11.6. The summed E-state index contributed by atoms with van der Waals surface area (Å²) in [6.45, 7) is 3.60. The van der Waals surface area contributed by atoms with Crippen molar-refractivity contribution in [2.45, 2.75) is 0 Å². The number of hydrogen-bond acceptors (Lipinski definition) is 6. The molecule has 0 saturated carbocycles. The molecule has 0 saturated heterocycles. The number of rotatable bonds is 4. The molecule has 2 aromatic carbocycles. The molecule has 0 radical (unpaired) electrons. The lowest BCUT2D eigenvalue weighted by Gasteiger charge is -2.03. The standard InChI is InChI=1S/C15H10FNO6S/c1-2-8-5-9(18)6-13-14(8)22-15(17-13)11-4-3-10(7-12(11)16)23-24(19,20)21/h2-7,18H,1H2,(H,19,20,21). The van der Waals surface area contributed by atoms with E-state index in [4.69, 9.17) is 8.97 Å². The van der Waals surface area contributed by atoms with E-state index < -0.39 is 22.0 Å². The topological polar surface area (TPSA) is 110 Å². The Morgan fingerprint density at radius 1 is 1.29 bits per heavy atom. The third-order valence-corrected chi connectivity index (χ3v) is 3.50. The molecule has 0 amide bonds. The fourth-order valence-electron chi connectivity index (χ4n) is 2.15. The summed E-state index contributed by atoms with van der Waals surface area (Å²) >= 11 is 0. The number of phenolic OH excluding ortho intramolecular Hbond substituents is 1. The van der Waals surface area contributed by atoms with Crippen molar-refractivity contribution in [3.8, 4) is 23.0 Å². The first-order valence-corrected chi connectivity index (χ1v) is 7.86. The summed E-state index contributed by atoms with van der Waals surface area (Å²) in [4.78, 5) is 4.09. The Hall–Kier alpha value is -2.91. The number of phenols is 1. The summed E-state index contributed by atoms with van der Waals surface area (Å²) in [5.41, 5.74) is 1.05. The van der Waals surface area contributed by atoms with Gasteiger partial charge in [0.1, 0.15) is 22.8 Å². The monoisotopic (exact) mass is 351 g/mol. The maximum absolute atomic E-state index is 14.2. The summed E-state index contributed by atoms with van der Waals surface area (Å²) < 4.78 is 53.7. The van der Waals surface area contributed by atoms with Gasteiger partial charge in [-0.15, -0.1) is 0 Å². The molecule has 0 atom stereocenters. The van der Waals surface area contributed by atoms with Crippen molar-refractivity contribution in [2.24, 2.45) is 0 Å². The quantitative estimate of drug-likeness (QED) is 0.695. The van der Waals surface area contributed by atoms with Crippen LogP contribution < -0.4 is 4.18 Å². The van der Waals surface area contributed by atoms with Gasteiger partial charge in [0.15, 0.2) is 5.58 Å². The van der Waals surface area contributed by atoms with Crippen LogP contribution in [-0.4, -0.2) is 23.1 Å². The van der Waals surface area contributed by atoms with Crippen LogP contribution in [-0.2, 0) is 10.4 Å². The molecule has 0 spiro atoms. The maximum atomic E-state index is 14.2. The van der Waals surface area contributed by atoms with E-state index in [1.165, 1.54) is 24.3 Å². The van der Waals surface area contributed by atoms with E-state index in [0.717, 1.165) is 12.1 Å². The molecule has 0 aliphatic heterocycles. The van der Waals surface area contributed by atoms with Crippen molar-refractivity contribution in [1.29, 1.82) is 0 Å². The molecule has 124 valence electrons. The largest absolute Gasteiger partial charge is 0.508 e. The zero-order chi connectivity index (χ0) is 17.5. The average Bonchev–Trinajstić information content (AvgIpc) is 2.88. The van der Waals surface area contributed by atoms with E-state index in [1.54, 1.807) is 0 Å². The first-order valence-electron chi connectivity index (χ1n) is 6.49. The van der Waals surface area contributed by atoms with Crippen LogP contribution in [0.3, 0.4) is 0 Å². The minimum atomic E-state index is -4.75. The Balaban J connectivity index is 2.09. The molecule has 2 N–H and O–H groups in total. The zero-order valence-electron chi connectivity index (χ0n) is 11.9. The second-order valence-electron chi connectivity index (χ2n) is 4.76. The predicted molar refractivity (Wildman–Crippen MR) is 83.3 cm³/mol. The van der Waals surface area contributed by atoms with Crippen molar-refractivity contribution in [3.63, 3.8) is 0 Å². The van der Waals surface area contributed by atoms with Crippen molar-refractivity contribution in [1.82, 2.24) is 4.98 Å². The molecule has 0 bridgehead atoms. The Kier molecular flexibility index (Phi) is 3.74. The molecule has 24 heavy (non-hydrogen) atoms. The summed E-state index contributed by atoms with van der Waals surface area (Å²) in [5.74, 6) is -1.39. The Morgan fingerprint density at radius 2 is 2.04 bits per heavy atom. The third kappa shape index (κ3) is 3.07. The number of aromatic hydroxyl groups is 1. The summed E-state index contributed by atoms with van der Waals surface area (Å²) in [6, 6.07) is 5.86. The lowest BCUT2D eigenvalue weighted by atomic mass is 10.2. The number of hydrogen-bond donors (Lipinski definition) is 2. The van der Waals surface area contributed by atoms with Gasteiger partial charge in [0.05, 0.1) is 5.56 Å². The van der Waals surface area contributed by atoms with Crippen molar-refractivity contribution in [2.75, 3.05) is 0 Å². The number of fused-ring (bicyclic) bond motifs is 1. The second-order valence-corrected chi connectivity index (χ2v) is 5.78. The Morgan fingerprint density at radius 3 is 2.67 bits per heavy atom. The number of benzene rings is 2. The molecule has 1 aromatic heterocycles. The smallest absolute Gasteiger partial charge is 0.446 e. The van der Waals surface area contributed by atoms with Gasteiger partial charge in [-0.3, -0.25) is 4.55 Å². The van der Waals surface area contributed by atoms with Gasteiger partial charge in [-0.1, -0.05) is 12.7 Å². The molecule has 7 nitrogen and oxygen atoms in total. The van der Waals surface area contributed by atoms with Crippen LogP contribution in [0.4, 0.5) is 4.39 Å². The van der Waals surface area contributed by atoms with E-state index in [0.29, 0.717) is 16.7 Å². The molecule has 0 aliphatic rings. The van der Waals surface area contributed by atoms with Crippen molar-refractivity contribution < 1.29 is 31.1 Å². The van der Waals surface area contributed by atoms with Gasteiger partial charge >= 0.3 is 10.4 Å².